The molecule has 1 N–H and O–H groups in total. The van der Waals surface area contributed by atoms with Gasteiger partial charge >= 0.3 is 0 Å². The molecular formula is C20H27N3O2. The number of fused-ring (bicyclic) bond motifs is 5. The molecule has 3 aliphatic carbocycles. The minimum Gasteiger partial charge on any atom is -0.506 e. The highest BCUT2D eigenvalue weighted by Gasteiger charge is 2.54. The number of carbonyl (C=O) groups excluding carboxylic acids is 1. The van der Waals surface area contributed by atoms with E-state index in [0.29, 0.717) is 29.2 Å². The van der Waals surface area contributed by atoms with Crippen LogP contribution in [0.25, 0.3) is 0 Å². The van der Waals surface area contributed by atoms with Crippen molar-refractivity contribution in [3.05, 3.63) is 23.3 Å². The van der Waals surface area contributed by atoms with Crippen LogP contribution in [0.1, 0.15) is 56.1 Å². The van der Waals surface area contributed by atoms with Crippen molar-refractivity contribution < 1.29 is 9.90 Å². The van der Waals surface area contributed by atoms with Gasteiger partial charge in [0.2, 0.25) is 0 Å². The van der Waals surface area contributed by atoms with Gasteiger partial charge in [-0.2, -0.15) is 0 Å². The molecule has 2 saturated carbocycles. The van der Waals surface area contributed by atoms with E-state index in [4.69, 9.17) is 0 Å². The Morgan fingerprint density at radius 1 is 1.20 bits per heavy atom. The van der Waals surface area contributed by atoms with Crippen molar-refractivity contribution in [2.45, 2.75) is 51.4 Å². The Kier molecular flexibility index (Phi) is 3.85. The molecule has 0 aliphatic heterocycles. The molecule has 25 heavy (non-hydrogen) atoms. The molecule has 5 heteroatoms. The van der Waals surface area contributed by atoms with Crippen LogP contribution >= 0.6 is 0 Å². The monoisotopic (exact) mass is 341 g/mol. The highest BCUT2D eigenvalue weighted by molar-refractivity contribution is 5.87. The van der Waals surface area contributed by atoms with E-state index < -0.39 is 0 Å². The highest BCUT2D eigenvalue weighted by atomic mass is 16.3. The zero-order valence-electron chi connectivity index (χ0n) is 15.3. The SMILES string of the molecule is CN(C)N=Nc1c(O)ccc2c1CCC1C2CCC2(C)C(=O)CCC12. The largest absolute Gasteiger partial charge is 0.506 e. The minimum atomic E-state index is -0.0942. The lowest BCUT2D eigenvalue weighted by Crippen LogP contribution is -2.42. The predicted octanol–water partition coefficient (Wildman–Crippen LogP) is 4.38. The molecule has 3 aliphatic rings. The Morgan fingerprint density at radius 2 is 2.00 bits per heavy atom. The van der Waals surface area contributed by atoms with Crippen molar-refractivity contribution in [1.29, 1.82) is 0 Å². The van der Waals surface area contributed by atoms with Crippen LogP contribution in [0.2, 0.25) is 0 Å². The van der Waals surface area contributed by atoms with Gasteiger partial charge in [-0.1, -0.05) is 18.2 Å². The summed E-state index contributed by atoms with van der Waals surface area (Å²) in [5.74, 6) is 2.28. The second-order valence-electron chi connectivity index (χ2n) is 8.37. The van der Waals surface area contributed by atoms with E-state index >= 15 is 0 Å². The summed E-state index contributed by atoms with van der Waals surface area (Å²) in [6, 6.07) is 3.84. The number of carbonyl (C=O) groups is 1. The van der Waals surface area contributed by atoms with Gasteiger partial charge in [0.1, 0.15) is 17.2 Å². The molecule has 134 valence electrons. The normalized spacial score (nSPS) is 33.9. The van der Waals surface area contributed by atoms with Gasteiger partial charge in [0, 0.05) is 25.9 Å². The minimum absolute atomic E-state index is 0.0942. The molecule has 0 heterocycles. The zero-order chi connectivity index (χ0) is 17.8. The first kappa shape index (κ1) is 16.6. The molecule has 1 aromatic carbocycles. The predicted molar refractivity (Wildman–Crippen MR) is 95.9 cm³/mol. The Hall–Kier alpha value is -1.91. The third-order valence-corrected chi connectivity index (χ3v) is 6.89. The van der Waals surface area contributed by atoms with Crippen molar-refractivity contribution in [2.24, 2.45) is 27.6 Å². The summed E-state index contributed by atoms with van der Waals surface area (Å²) in [6.07, 6.45) is 5.86. The summed E-state index contributed by atoms with van der Waals surface area (Å²) in [5, 5.41) is 20.3. The van der Waals surface area contributed by atoms with Crippen molar-refractivity contribution in [3.8, 4) is 5.75 Å². The van der Waals surface area contributed by atoms with Gasteiger partial charge in [-0.15, -0.1) is 5.11 Å². The molecule has 4 unspecified atom stereocenters. The van der Waals surface area contributed by atoms with Gasteiger partial charge in [0.05, 0.1) is 0 Å². The third-order valence-electron chi connectivity index (χ3n) is 6.89. The maximum atomic E-state index is 12.4. The Morgan fingerprint density at radius 3 is 2.76 bits per heavy atom. The van der Waals surface area contributed by atoms with E-state index in [0.717, 1.165) is 44.1 Å². The molecule has 4 rings (SSSR count). The van der Waals surface area contributed by atoms with E-state index in [2.05, 4.69) is 23.3 Å². The number of phenolic OH excluding ortho intramolecular Hbond substituents is 1. The Labute approximate surface area is 149 Å². The molecule has 0 bridgehead atoms. The van der Waals surface area contributed by atoms with Crippen molar-refractivity contribution in [3.63, 3.8) is 0 Å². The standard InChI is InChI=1S/C20H27N3O2/c1-20-11-10-13-12-6-8-17(24)19(21-22-23(2)3)15(12)5-4-14(13)16(20)7-9-18(20)25/h6,8,13-14,16,24H,4-5,7,9-11H2,1-3H3. The lowest BCUT2D eigenvalue weighted by atomic mass is 9.55. The fraction of sp³-hybridized carbons (Fsp3) is 0.650. The lowest BCUT2D eigenvalue weighted by Gasteiger charge is -2.48. The van der Waals surface area contributed by atoms with Crippen LogP contribution in [0.5, 0.6) is 5.75 Å². The van der Waals surface area contributed by atoms with Gasteiger partial charge in [-0.05, 0) is 67.1 Å². The molecule has 0 spiro atoms. The number of Topliss-reactive ketones (excluding diaryl/α,β-unsaturated/α-hetero) is 1. The fourth-order valence-electron chi connectivity index (χ4n) is 5.65. The van der Waals surface area contributed by atoms with Crippen LogP contribution in [0.3, 0.4) is 0 Å². The van der Waals surface area contributed by atoms with E-state index in [-0.39, 0.29) is 11.2 Å². The van der Waals surface area contributed by atoms with E-state index in [9.17, 15) is 9.90 Å². The quantitative estimate of drug-likeness (QED) is 0.641. The second-order valence-corrected chi connectivity index (χ2v) is 8.37. The van der Waals surface area contributed by atoms with Gasteiger partial charge in [-0.25, -0.2) is 0 Å². The second kappa shape index (κ2) is 5.82. The molecule has 5 nitrogen and oxygen atoms in total. The Bertz CT molecular complexity index is 743. The first-order valence-electron chi connectivity index (χ1n) is 9.39. The number of nitrogens with zero attached hydrogens (tertiary/aromatic N) is 3. The summed E-state index contributed by atoms with van der Waals surface area (Å²) in [6.45, 7) is 2.20. The van der Waals surface area contributed by atoms with Crippen molar-refractivity contribution >= 4 is 11.5 Å². The Balaban J connectivity index is 1.72. The van der Waals surface area contributed by atoms with E-state index in [1.54, 1.807) is 11.1 Å². The van der Waals surface area contributed by atoms with Crippen LogP contribution in [0, 0.1) is 17.3 Å². The maximum absolute atomic E-state index is 12.4. The summed E-state index contributed by atoms with van der Waals surface area (Å²) in [7, 11) is 3.65. The van der Waals surface area contributed by atoms with Gasteiger partial charge in [0.25, 0.3) is 0 Å². The first-order chi connectivity index (χ1) is 11.9. The summed E-state index contributed by atoms with van der Waals surface area (Å²) >= 11 is 0. The van der Waals surface area contributed by atoms with Crippen molar-refractivity contribution in [1.82, 2.24) is 5.01 Å². The number of aromatic hydroxyl groups is 1. The van der Waals surface area contributed by atoms with Gasteiger partial charge < -0.3 is 5.11 Å². The maximum Gasteiger partial charge on any atom is 0.143 e. The smallest absolute Gasteiger partial charge is 0.143 e. The number of phenols is 1. The van der Waals surface area contributed by atoms with E-state index in [1.807, 2.05) is 14.1 Å². The fourth-order valence-corrected chi connectivity index (χ4v) is 5.65. The van der Waals surface area contributed by atoms with E-state index in [1.165, 1.54) is 5.56 Å². The number of hydrogen-bond acceptors (Lipinski definition) is 4. The van der Waals surface area contributed by atoms with Gasteiger partial charge in [0.15, 0.2) is 0 Å². The van der Waals surface area contributed by atoms with Crippen LogP contribution in [0.4, 0.5) is 5.69 Å². The summed E-state index contributed by atoms with van der Waals surface area (Å²) in [5.41, 5.74) is 3.01. The average Bonchev–Trinajstić information content (AvgIpc) is 2.88. The lowest BCUT2D eigenvalue weighted by molar-refractivity contribution is -0.129. The number of hydrogen-bond donors (Lipinski definition) is 1. The molecule has 0 radical (unpaired) electrons. The van der Waals surface area contributed by atoms with Crippen molar-refractivity contribution in [2.75, 3.05) is 14.1 Å². The molecule has 1 aromatic rings. The summed E-state index contributed by atoms with van der Waals surface area (Å²) < 4.78 is 0. The average molecular weight is 341 g/mol. The third kappa shape index (κ3) is 2.47. The number of rotatable bonds is 2. The number of benzene rings is 1. The topological polar surface area (TPSA) is 65.3 Å². The van der Waals surface area contributed by atoms with Crippen LogP contribution in [-0.2, 0) is 11.2 Å². The van der Waals surface area contributed by atoms with Gasteiger partial charge in [-0.3, -0.25) is 9.80 Å². The summed E-state index contributed by atoms with van der Waals surface area (Å²) in [4.78, 5) is 12.4. The zero-order valence-corrected chi connectivity index (χ0v) is 15.3. The van der Waals surface area contributed by atoms with Crippen LogP contribution < -0.4 is 0 Å². The molecule has 0 aromatic heterocycles. The highest BCUT2D eigenvalue weighted by Crippen LogP contribution is 2.60. The molecular weight excluding hydrogens is 314 g/mol. The molecule has 0 amide bonds. The van der Waals surface area contributed by atoms with Crippen LogP contribution in [0.15, 0.2) is 22.5 Å². The number of ketones is 1. The van der Waals surface area contributed by atoms with Crippen LogP contribution in [-0.4, -0.2) is 30.0 Å². The molecule has 2 fully saturated rings. The molecule has 0 saturated heterocycles. The first-order valence-corrected chi connectivity index (χ1v) is 9.39. The molecule has 4 atom stereocenters.